The van der Waals surface area contributed by atoms with Crippen molar-refractivity contribution in [3.8, 4) is 5.75 Å². The number of aliphatic hydroxyl groups is 1. The van der Waals surface area contributed by atoms with Crippen LogP contribution in [0.3, 0.4) is 0 Å². The molecule has 1 N–H and O–H groups in total. The molecule has 0 aromatic heterocycles. The molecule has 0 aliphatic rings. The van der Waals surface area contributed by atoms with Crippen molar-refractivity contribution in [1.29, 1.82) is 0 Å². The smallest absolute Gasteiger partial charge is 0.144 e. The van der Waals surface area contributed by atoms with Crippen molar-refractivity contribution in [3.63, 3.8) is 0 Å². The Bertz CT molecular complexity index is 420. The maximum Gasteiger partial charge on any atom is 0.144 e. The minimum atomic E-state index is -0.441. The molecular weight excluding hydrogens is 254 g/mol. The Morgan fingerprint density at radius 2 is 1.95 bits per heavy atom. The van der Waals surface area contributed by atoms with Gasteiger partial charge in [0, 0.05) is 6.61 Å². The molecule has 1 atom stereocenters. The van der Waals surface area contributed by atoms with Crippen LogP contribution in [0.1, 0.15) is 18.9 Å². The van der Waals surface area contributed by atoms with Crippen LogP contribution in [0.2, 0.25) is 0 Å². The number of hydrogen-bond acceptors (Lipinski definition) is 3. The van der Waals surface area contributed by atoms with Crippen molar-refractivity contribution in [3.05, 3.63) is 47.2 Å². The number of aliphatic hydroxyl groups excluding tert-OH is 1. The number of quaternary nitrogens is 1. The third-order valence-electron chi connectivity index (χ3n) is 3.27. The van der Waals surface area contributed by atoms with Crippen LogP contribution >= 0.6 is 0 Å². The van der Waals surface area contributed by atoms with Crippen LogP contribution < -0.4 is 4.74 Å². The number of nitrogens with zero attached hydrogens (tertiary/aromatic N) is 1. The first-order chi connectivity index (χ1) is 9.34. The first-order valence-corrected chi connectivity index (χ1v) is 6.87. The van der Waals surface area contributed by atoms with Crippen molar-refractivity contribution in [1.82, 2.24) is 0 Å². The maximum atomic E-state index is 12.0. The third-order valence-corrected chi connectivity index (χ3v) is 3.27. The molecule has 0 aliphatic heterocycles. The Labute approximate surface area is 121 Å². The van der Waals surface area contributed by atoms with Crippen molar-refractivity contribution >= 4 is 0 Å². The molecule has 0 spiro atoms. The van der Waals surface area contributed by atoms with Gasteiger partial charge >= 0.3 is 0 Å². The van der Waals surface area contributed by atoms with Gasteiger partial charge in [-0.2, -0.15) is 0 Å². The quantitative estimate of drug-likeness (QED) is 0.452. The first kappa shape index (κ1) is 16.7. The van der Waals surface area contributed by atoms with Crippen LogP contribution in [0, 0.1) is 5.21 Å². The average Bonchev–Trinajstić information content (AvgIpc) is 2.36. The van der Waals surface area contributed by atoms with E-state index in [1.807, 2.05) is 31.2 Å². The number of benzene rings is 1. The second-order valence-electron chi connectivity index (χ2n) is 5.58. The van der Waals surface area contributed by atoms with Crippen molar-refractivity contribution in [2.45, 2.75) is 25.8 Å². The zero-order valence-corrected chi connectivity index (χ0v) is 12.6. The van der Waals surface area contributed by atoms with Gasteiger partial charge in [0.1, 0.15) is 18.4 Å². The Kier molecular flexibility index (Phi) is 6.20. The fraction of sp³-hybridized carbons (Fsp3) is 0.500. The second kappa shape index (κ2) is 7.43. The van der Waals surface area contributed by atoms with Gasteiger partial charge in [-0.25, -0.2) is 0 Å². The summed E-state index contributed by atoms with van der Waals surface area (Å²) in [7, 11) is 3.20. The van der Waals surface area contributed by atoms with Gasteiger partial charge < -0.3 is 19.7 Å². The molecule has 1 aromatic carbocycles. The van der Waals surface area contributed by atoms with Gasteiger partial charge in [0.25, 0.3) is 0 Å². The van der Waals surface area contributed by atoms with Gasteiger partial charge in [-0.3, -0.25) is 0 Å². The normalized spacial score (nSPS) is 13.1. The zero-order valence-electron chi connectivity index (χ0n) is 12.6. The highest BCUT2D eigenvalue weighted by atomic mass is 16.6. The number of likely N-dealkylation sites (N-methyl/N-ethyl adjacent to an activating group) is 1. The van der Waals surface area contributed by atoms with Gasteiger partial charge in [0.05, 0.1) is 14.1 Å². The summed E-state index contributed by atoms with van der Waals surface area (Å²) in [5.74, 6) is 0.748. The standard InChI is InChI=1S/C16H25NO3/c1-13(2)16(17(3,4)19)12-20-15-9-7-14(8-10-15)6-5-11-18/h7-10,16,18H,1,5-6,11-12H2,2-4H3. The van der Waals surface area contributed by atoms with Crippen LogP contribution in [0.5, 0.6) is 5.75 Å². The lowest BCUT2D eigenvalue weighted by Crippen LogP contribution is -2.47. The third kappa shape index (κ3) is 5.33. The molecule has 0 aliphatic carbocycles. The van der Waals surface area contributed by atoms with Crippen molar-refractivity contribution < 1.29 is 14.5 Å². The summed E-state index contributed by atoms with van der Waals surface area (Å²) in [5.41, 5.74) is 1.99. The van der Waals surface area contributed by atoms with E-state index in [2.05, 4.69) is 6.58 Å². The SMILES string of the molecule is C=C(C)C(COc1ccc(CCCO)cc1)[N+](C)(C)[O-]. The number of ether oxygens (including phenoxy) is 1. The lowest BCUT2D eigenvalue weighted by Gasteiger charge is -2.41. The van der Waals surface area contributed by atoms with Crippen LogP contribution in [-0.2, 0) is 6.42 Å². The predicted octanol–water partition coefficient (Wildman–Crippen LogP) is 2.51. The lowest BCUT2D eigenvalue weighted by atomic mass is 10.1. The fourth-order valence-electron chi connectivity index (χ4n) is 2.06. The van der Waals surface area contributed by atoms with Gasteiger partial charge in [-0.15, -0.1) is 0 Å². The summed E-state index contributed by atoms with van der Waals surface area (Å²) in [6, 6.07) is 7.49. The summed E-state index contributed by atoms with van der Waals surface area (Å²) < 4.78 is 5.25. The summed E-state index contributed by atoms with van der Waals surface area (Å²) in [6.07, 6.45) is 1.62. The first-order valence-electron chi connectivity index (χ1n) is 6.87. The molecule has 1 rings (SSSR count). The highest BCUT2D eigenvalue weighted by Gasteiger charge is 2.22. The van der Waals surface area contributed by atoms with E-state index >= 15 is 0 Å². The molecule has 0 heterocycles. The van der Waals surface area contributed by atoms with E-state index in [0.717, 1.165) is 24.2 Å². The van der Waals surface area contributed by atoms with Crippen LogP contribution in [0.15, 0.2) is 36.4 Å². The largest absolute Gasteiger partial charge is 0.633 e. The Balaban J connectivity index is 2.58. The van der Waals surface area contributed by atoms with Crippen molar-refractivity contribution in [2.75, 3.05) is 27.3 Å². The fourth-order valence-corrected chi connectivity index (χ4v) is 2.06. The average molecular weight is 279 g/mol. The monoisotopic (exact) mass is 279 g/mol. The molecule has 4 nitrogen and oxygen atoms in total. The maximum absolute atomic E-state index is 12.0. The Morgan fingerprint density at radius 3 is 2.40 bits per heavy atom. The molecule has 1 aromatic rings. The molecule has 1 unspecified atom stereocenters. The minimum absolute atomic E-state index is 0.203. The van der Waals surface area contributed by atoms with Gasteiger partial charge in [0.15, 0.2) is 0 Å². The molecule has 0 bridgehead atoms. The van der Waals surface area contributed by atoms with E-state index in [0.29, 0.717) is 6.61 Å². The Hall–Kier alpha value is -1.36. The summed E-state index contributed by atoms with van der Waals surface area (Å²) in [6.45, 7) is 6.24. The highest BCUT2D eigenvalue weighted by molar-refractivity contribution is 5.27. The zero-order chi connectivity index (χ0) is 15.2. The molecule has 0 saturated heterocycles. The molecule has 0 amide bonds. The van der Waals surface area contributed by atoms with Gasteiger partial charge in [-0.1, -0.05) is 18.7 Å². The van der Waals surface area contributed by atoms with E-state index in [4.69, 9.17) is 9.84 Å². The topological polar surface area (TPSA) is 52.5 Å². The van der Waals surface area contributed by atoms with Gasteiger partial charge in [0.2, 0.25) is 0 Å². The van der Waals surface area contributed by atoms with Crippen LogP contribution in [0.25, 0.3) is 0 Å². The van der Waals surface area contributed by atoms with Crippen molar-refractivity contribution in [2.24, 2.45) is 0 Å². The molecule has 0 saturated carbocycles. The van der Waals surface area contributed by atoms with Gasteiger partial charge in [-0.05, 0) is 43.0 Å². The molecule has 0 radical (unpaired) electrons. The summed E-state index contributed by atoms with van der Waals surface area (Å²) in [5, 5.41) is 20.8. The lowest BCUT2D eigenvalue weighted by molar-refractivity contribution is -0.861. The number of rotatable bonds is 8. The molecular formula is C16H25NO3. The van der Waals surface area contributed by atoms with E-state index in [1.54, 1.807) is 14.1 Å². The summed E-state index contributed by atoms with van der Waals surface area (Å²) >= 11 is 0. The molecule has 4 heteroatoms. The molecule has 0 fully saturated rings. The van der Waals surface area contributed by atoms with E-state index in [9.17, 15) is 5.21 Å². The number of hydroxylamine groups is 3. The molecule has 20 heavy (non-hydrogen) atoms. The highest BCUT2D eigenvalue weighted by Crippen LogP contribution is 2.17. The van der Waals surface area contributed by atoms with Crippen LogP contribution in [-0.4, -0.2) is 43.1 Å². The van der Waals surface area contributed by atoms with E-state index in [1.165, 1.54) is 5.56 Å². The van der Waals surface area contributed by atoms with Crippen LogP contribution in [0.4, 0.5) is 0 Å². The number of aryl methyl sites for hydroxylation is 1. The predicted molar refractivity (Wildman–Crippen MR) is 81.4 cm³/mol. The second-order valence-corrected chi connectivity index (χ2v) is 5.58. The van der Waals surface area contributed by atoms with E-state index in [-0.39, 0.29) is 12.6 Å². The minimum Gasteiger partial charge on any atom is -0.633 e. The summed E-state index contributed by atoms with van der Waals surface area (Å²) in [4.78, 5) is 0. The van der Waals surface area contributed by atoms with E-state index < -0.39 is 4.65 Å². The Morgan fingerprint density at radius 1 is 1.35 bits per heavy atom. The molecule has 112 valence electrons. The number of hydrogen-bond donors (Lipinski definition) is 1.